The Kier molecular flexibility index (Phi) is 7.99. The van der Waals surface area contributed by atoms with E-state index in [4.69, 9.17) is 18.9 Å². The number of carbonyl (C=O) groups is 3. The van der Waals surface area contributed by atoms with Crippen molar-refractivity contribution in [2.75, 3.05) is 33.5 Å². The third kappa shape index (κ3) is 6.56. The number of hydrogen-bond acceptors (Lipinski definition) is 7. The van der Waals surface area contributed by atoms with Gasteiger partial charge in [0.1, 0.15) is 25.2 Å². The molecule has 2 aromatic rings. The van der Waals surface area contributed by atoms with Crippen LogP contribution in [0.15, 0.2) is 48.5 Å². The van der Waals surface area contributed by atoms with Crippen molar-refractivity contribution in [3.63, 3.8) is 0 Å². The largest absolute Gasteiger partial charge is 0.497 e. The monoisotopic (exact) mass is 372 g/mol. The van der Waals surface area contributed by atoms with E-state index in [2.05, 4.69) is 0 Å². The first kappa shape index (κ1) is 20.1. The van der Waals surface area contributed by atoms with Crippen molar-refractivity contribution in [1.82, 2.24) is 0 Å². The summed E-state index contributed by atoms with van der Waals surface area (Å²) in [6.45, 7) is 0.526. The summed E-state index contributed by atoms with van der Waals surface area (Å²) in [5, 5.41) is 0. The zero-order chi connectivity index (χ0) is 19.5. The van der Waals surface area contributed by atoms with Crippen LogP contribution >= 0.6 is 0 Å². The third-order valence-electron chi connectivity index (χ3n) is 3.53. The molecule has 0 radical (unpaired) electrons. The summed E-state index contributed by atoms with van der Waals surface area (Å²) in [6.07, 6.45) is 0.699. The number of rotatable bonds is 10. The molecule has 0 aromatic heterocycles. The van der Waals surface area contributed by atoms with Crippen molar-refractivity contribution in [3.05, 3.63) is 65.2 Å². The highest BCUT2D eigenvalue weighted by Crippen LogP contribution is 2.12. The number of esters is 2. The molecule has 0 saturated heterocycles. The standard InChI is InChI=1S/C20H20O7/c1-24-18-8-6-17(7-9-18)20(23)27-13-11-25-10-12-26-19(22)16-4-2-15(14-21)3-5-16/h2-9,14H,10-13H2,1H3. The number of methoxy groups -OCH3 is 1. The Labute approximate surface area is 156 Å². The van der Waals surface area contributed by atoms with Crippen molar-refractivity contribution in [2.45, 2.75) is 0 Å². The number of aldehydes is 1. The third-order valence-corrected chi connectivity index (χ3v) is 3.53. The topological polar surface area (TPSA) is 88.1 Å². The molecule has 0 fully saturated rings. The van der Waals surface area contributed by atoms with Gasteiger partial charge in [-0.15, -0.1) is 0 Å². The van der Waals surface area contributed by atoms with E-state index in [0.29, 0.717) is 28.7 Å². The van der Waals surface area contributed by atoms with E-state index in [1.54, 1.807) is 31.4 Å². The van der Waals surface area contributed by atoms with Crippen LogP contribution in [0.3, 0.4) is 0 Å². The lowest BCUT2D eigenvalue weighted by molar-refractivity contribution is 0.0151. The molecule has 0 bridgehead atoms. The van der Waals surface area contributed by atoms with E-state index in [1.165, 1.54) is 24.3 Å². The van der Waals surface area contributed by atoms with Gasteiger partial charge in [-0.1, -0.05) is 12.1 Å². The summed E-state index contributed by atoms with van der Waals surface area (Å²) in [6, 6.07) is 12.7. The van der Waals surface area contributed by atoms with Crippen LogP contribution in [-0.4, -0.2) is 51.8 Å². The first-order valence-corrected chi connectivity index (χ1v) is 8.25. The SMILES string of the molecule is COc1ccc(C(=O)OCCOCCOC(=O)c2ccc(C=O)cc2)cc1. The molecule has 0 unspecified atom stereocenters. The quantitative estimate of drug-likeness (QED) is 0.360. The summed E-state index contributed by atoms with van der Waals surface area (Å²) in [7, 11) is 1.55. The normalized spacial score (nSPS) is 10.1. The average molecular weight is 372 g/mol. The molecule has 0 aliphatic rings. The van der Waals surface area contributed by atoms with Crippen LogP contribution in [0.4, 0.5) is 0 Å². The first-order chi connectivity index (χ1) is 13.1. The minimum atomic E-state index is -0.498. The second-order valence-corrected chi connectivity index (χ2v) is 5.35. The van der Waals surface area contributed by atoms with E-state index in [0.717, 1.165) is 0 Å². The Morgan fingerprint density at radius 1 is 0.778 bits per heavy atom. The average Bonchev–Trinajstić information content (AvgIpc) is 2.72. The van der Waals surface area contributed by atoms with Gasteiger partial charge in [0.15, 0.2) is 0 Å². The van der Waals surface area contributed by atoms with Crippen LogP contribution in [0.25, 0.3) is 0 Å². The lowest BCUT2D eigenvalue weighted by atomic mass is 10.1. The van der Waals surface area contributed by atoms with Gasteiger partial charge in [-0.05, 0) is 36.4 Å². The highest BCUT2D eigenvalue weighted by atomic mass is 16.6. The van der Waals surface area contributed by atoms with Crippen LogP contribution in [-0.2, 0) is 14.2 Å². The predicted molar refractivity (Wildman–Crippen MR) is 96.2 cm³/mol. The molecular formula is C20H20O7. The Hall–Kier alpha value is -3.19. The Morgan fingerprint density at radius 2 is 1.26 bits per heavy atom. The van der Waals surface area contributed by atoms with Crippen molar-refractivity contribution in [1.29, 1.82) is 0 Å². The second kappa shape index (κ2) is 10.7. The molecule has 0 aliphatic carbocycles. The van der Waals surface area contributed by atoms with Crippen LogP contribution in [0.1, 0.15) is 31.1 Å². The van der Waals surface area contributed by atoms with E-state index in [1.807, 2.05) is 0 Å². The first-order valence-electron chi connectivity index (χ1n) is 8.25. The fraction of sp³-hybridized carbons (Fsp3) is 0.250. The molecule has 0 aliphatic heterocycles. The van der Waals surface area contributed by atoms with Gasteiger partial charge in [-0.2, -0.15) is 0 Å². The summed E-state index contributed by atoms with van der Waals surface area (Å²) in [5.41, 5.74) is 1.26. The van der Waals surface area contributed by atoms with Crippen molar-refractivity contribution in [2.24, 2.45) is 0 Å². The minimum Gasteiger partial charge on any atom is -0.497 e. The molecule has 0 atom stereocenters. The predicted octanol–water partition coefficient (Wildman–Crippen LogP) is 2.54. The van der Waals surface area contributed by atoms with Gasteiger partial charge in [-0.3, -0.25) is 4.79 Å². The van der Waals surface area contributed by atoms with Crippen LogP contribution in [0, 0.1) is 0 Å². The second-order valence-electron chi connectivity index (χ2n) is 5.35. The fourth-order valence-corrected chi connectivity index (χ4v) is 2.08. The van der Waals surface area contributed by atoms with E-state index in [9.17, 15) is 14.4 Å². The lowest BCUT2D eigenvalue weighted by Gasteiger charge is -2.08. The van der Waals surface area contributed by atoms with E-state index in [-0.39, 0.29) is 26.4 Å². The molecule has 0 N–H and O–H groups in total. The molecule has 2 aromatic carbocycles. The van der Waals surface area contributed by atoms with Crippen LogP contribution in [0.2, 0.25) is 0 Å². The van der Waals surface area contributed by atoms with Crippen LogP contribution in [0.5, 0.6) is 5.75 Å². The van der Waals surface area contributed by atoms with E-state index < -0.39 is 11.9 Å². The van der Waals surface area contributed by atoms with Gasteiger partial charge in [-0.25, -0.2) is 9.59 Å². The molecule has 0 heterocycles. The van der Waals surface area contributed by atoms with Gasteiger partial charge in [0.2, 0.25) is 0 Å². The fourth-order valence-electron chi connectivity index (χ4n) is 2.08. The lowest BCUT2D eigenvalue weighted by Crippen LogP contribution is -2.14. The van der Waals surface area contributed by atoms with Crippen molar-refractivity contribution < 1.29 is 33.3 Å². The van der Waals surface area contributed by atoms with Crippen molar-refractivity contribution >= 4 is 18.2 Å². The molecule has 7 heteroatoms. The summed E-state index contributed by atoms with van der Waals surface area (Å²) in [5.74, 6) is -0.294. The minimum absolute atomic E-state index is 0.0701. The maximum Gasteiger partial charge on any atom is 0.338 e. The summed E-state index contributed by atoms with van der Waals surface area (Å²) < 4.78 is 20.4. The Morgan fingerprint density at radius 3 is 1.70 bits per heavy atom. The van der Waals surface area contributed by atoms with Crippen molar-refractivity contribution in [3.8, 4) is 5.75 Å². The zero-order valence-electron chi connectivity index (χ0n) is 14.9. The maximum absolute atomic E-state index is 11.8. The number of ether oxygens (including phenoxy) is 4. The van der Waals surface area contributed by atoms with Gasteiger partial charge in [0.25, 0.3) is 0 Å². The Bertz CT molecular complexity index is 751. The highest BCUT2D eigenvalue weighted by Gasteiger charge is 2.08. The zero-order valence-corrected chi connectivity index (χ0v) is 14.9. The van der Waals surface area contributed by atoms with Gasteiger partial charge in [0, 0.05) is 5.56 Å². The van der Waals surface area contributed by atoms with Gasteiger partial charge >= 0.3 is 11.9 Å². The molecule has 0 saturated carbocycles. The van der Waals surface area contributed by atoms with Crippen LogP contribution < -0.4 is 4.74 Å². The molecule has 0 amide bonds. The smallest absolute Gasteiger partial charge is 0.338 e. The number of benzene rings is 2. The molecule has 7 nitrogen and oxygen atoms in total. The molecule has 2 rings (SSSR count). The van der Waals surface area contributed by atoms with E-state index >= 15 is 0 Å². The highest BCUT2D eigenvalue weighted by molar-refractivity contribution is 5.90. The summed E-state index contributed by atoms with van der Waals surface area (Å²) >= 11 is 0. The summed E-state index contributed by atoms with van der Waals surface area (Å²) in [4.78, 5) is 34.2. The Balaban J connectivity index is 1.57. The molecular weight excluding hydrogens is 352 g/mol. The maximum atomic E-state index is 11.8. The van der Waals surface area contributed by atoms with Gasteiger partial charge < -0.3 is 18.9 Å². The molecule has 142 valence electrons. The molecule has 0 spiro atoms. The molecule has 27 heavy (non-hydrogen) atoms. The number of hydrogen-bond donors (Lipinski definition) is 0. The number of carbonyl (C=O) groups excluding carboxylic acids is 3. The van der Waals surface area contributed by atoms with Gasteiger partial charge in [0.05, 0.1) is 31.5 Å².